The van der Waals surface area contributed by atoms with E-state index >= 15 is 0 Å². The molecule has 3 aromatic heterocycles. The van der Waals surface area contributed by atoms with E-state index in [9.17, 15) is 10.1 Å². The van der Waals surface area contributed by atoms with Crippen LogP contribution in [0, 0.1) is 11.3 Å². The number of thiazole rings is 1. The highest BCUT2D eigenvalue weighted by molar-refractivity contribution is 7.21. The van der Waals surface area contributed by atoms with Crippen molar-refractivity contribution < 1.29 is 9.53 Å². The van der Waals surface area contributed by atoms with E-state index in [-0.39, 0.29) is 16.9 Å². The normalized spacial score (nSPS) is 10.7. The molecule has 0 aliphatic rings. The van der Waals surface area contributed by atoms with Gasteiger partial charge in [0, 0.05) is 23.6 Å². The standard InChI is InChI=1S/C19H13N5O2S/c1-26-19(25)16-15(21)12(9-20)10-24(16)13-6-4-11(5-7-13)17-23-14-3-2-8-22-18(14)27-17/h2-8,10H,21H2,1H3. The quantitative estimate of drug-likeness (QED) is 0.550. The number of anilines is 1. The van der Waals surface area contributed by atoms with Gasteiger partial charge in [0.15, 0.2) is 5.69 Å². The van der Waals surface area contributed by atoms with Crippen molar-refractivity contribution in [2.45, 2.75) is 0 Å². The molecule has 132 valence electrons. The molecule has 0 atom stereocenters. The second-order valence-electron chi connectivity index (χ2n) is 5.67. The molecule has 1 aromatic carbocycles. The fourth-order valence-electron chi connectivity index (χ4n) is 2.78. The average molecular weight is 375 g/mol. The number of esters is 1. The Hall–Kier alpha value is -3.70. The van der Waals surface area contributed by atoms with Gasteiger partial charge in [-0.2, -0.15) is 5.26 Å². The zero-order valence-corrected chi connectivity index (χ0v) is 15.0. The van der Waals surface area contributed by atoms with Gasteiger partial charge in [-0.15, -0.1) is 0 Å². The van der Waals surface area contributed by atoms with Crippen molar-refractivity contribution in [2.24, 2.45) is 0 Å². The average Bonchev–Trinajstić information content (AvgIpc) is 3.28. The van der Waals surface area contributed by atoms with Crippen LogP contribution in [0.25, 0.3) is 26.6 Å². The molecule has 0 unspecified atom stereocenters. The van der Waals surface area contributed by atoms with Gasteiger partial charge in [-0.1, -0.05) is 11.3 Å². The molecule has 4 rings (SSSR count). The van der Waals surface area contributed by atoms with Gasteiger partial charge in [-0.25, -0.2) is 14.8 Å². The molecule has 0 aliphatic heterocycles. The topological polar surface area (TPSA) is 107 Å². The first-order valence-electron chi connectivity index (χ1n) is 7.94. The third kappa shape index (κ3) is 2.80. The van der Waals surface area contributed by atoms with E-state index in [4.69, 9.17) is 10.5 Å². The van der Waals surface area contributed by atoms with Crippen LogP contribution in [0.4, 0.5) is 5.69 Å². The van der Waals surface area contributed by atoms with Crippen LogP contribution in [0.15, 0.2) is 48.8 Å². The van der Waals surface area contributed by atoms with Gasteiger partial charge in [0.05, 0.1) is 18.4 Å². The lowest BCUT2D eigenvalue weighted by molar-refractivity contribution is 0.0593. The Labute approximate surface area is 158 Å². The van der Waals surface area contributed by atoms with Gasteiger partial charge >= 0.3 is 5.97 Å². The number of pyridine rings is 1. The first-order valence-corrected chi connectivity index (χ1v) is 8.75. The molecule has 7 nitrogen and oxygen atoms in total. The lowest BCUT2D eigenvalue weighted by Gasteiger charge is -2.09. The second-order valence-corrected chi connectivity index (χ2v) is 6.65. The highest BCUT2D eigenvalue weighted by atomic mass is 32.1. The van der Waals surface area contributed by atoms with E-state index < -0.39 is 5.97 Å². The number of hydrogen-bond donors (Lipinski definition) is 1. The van der Waals surface area contributed by atoms with Gasteiger partial charge in [-0.05, 0) is 36.4 Å². The summed E-state index contributed by atoms with van der Waals surface area (Å²) in [6.07, 6.45) is 3.27. The SMILES string of the molecule is COC(=O)c1c(N)c(C#N)cn1-c1ccc(-c2nc3cccnc3s2)cc1. The molecule has 0 aliphatic carbocycles. The molecule has 0 saturated heterocycles. The smallest absolute Gasteiger partial charge is 0.357 e. The number of fused-ring (bicyclic) bond motifs is 1. The van der Waals surface area contributed by atoms with E-state index in [0.717, 1.165) is 20.9 Å². The van der Waals surface area contributed by atoms with Crippen LogP contribution in [0.1, 0.15) is 16.1 Å². The van der Waals surface area contributed by atoms with Crippen molar-refractivity contribution in [3.8, 4) is 22.3 Å². The number of rotatable bonds is 3. The molecule has 0 bridgehead atoms. The highest BCUT2D eigenvalue weighted by Crippen LogP contribution is 2.30. The van der Waals surface area contributed by atoms with Crippen molar-refractivity contribution in [1.82, 2.24) is 14.5 Å². The number of benzene rings is 1. The van der Waals surface area contributed by atoms with Gasteiger partial charge < -0.3 is 15.0 Å². The fraction of sp³-hybridized carbons (Fsp3) is 0.0526. The number of carbonyl (C=O) groups excluding carboxylic acids is 1. The van der Waals surface area contributed by atoms with Crippen LogP contribution in [0.3, 0.4) is 0 Å². The van der Waals surface area contributed by atoms with Crippen LogP contribution in [0.2, 0.25) is 0 Å². The minimum absolute atomic E-state index is 0.102. The van der Waals surface area contributed by atoms with Crippen molar-refractivity contribution in [3.05, 3.63) is 60.0 Å². The minimum atomic E-state index is -0.602. The zero-order chi connectivity index (χ0) is 19.0. The Morgan fingerprint density at radius 2 is 2.07 bits per heavy atom. The first kappa shape index (κ1) is 16.8. The molecule has 0 saturated carbocycles. The van der Waals surface area contributed by atoms with E-state index in [2.05, 4.69) is 9.97 Å². The van der Waals surface area contributed by atoms with Crippen LogP contribution in [0.5, 0.6) is 0 Å². The Balaban J connectivity index is 1.77. The Kier molecular flexibility index (Phi) is 4.06. The summed E-state index contributed by atoms with van der Waals surface area (Å²) in [6.45, 7) is 0. The molecule has 2 N–H and O–H groups in total. The lowest BCUT2D eigenvalue weighted by atomic mass is 10.2. The van der Waals surface area contributed by atoms with E-state index in [1.807, 2.05) is 42.5 Å². The fourth-order valence-corrected chi connectivity index (χ4v) is 3.69. The summed E-state index contributed by atoms with van der Waals surface area (Å²) in [5.74, 6) is -0.602. The maximum Gasteiger partial charge on any atom is 0.357 e. The summed E-state index contributed by atoms with van der Waals surface area (Å²) in [7, 11) is 1.27. The molecule has 8 heteroatoms. The molecular weight excluding hydrogens is 362 g/mol. The number of carbonyl (C=O) groups is 1. The highest BCUT2D eigenvalue weighted by Gasteiger charge is 2.21. The molecule has 27 heavy (non-hydrogen) atoms. The van der Waals surface area contributed by atoms with Gasteiger partial charge in [-0.3, -0.25) is 0 Å². The van der Waals surface area contributed by atoms with E-state index in [0.29, 0.717) is 5.69 Å². The Morgan fingerprint density at radius 1 is 1.30 bits per heavy atom. The summed E-state index contributed by atoms with van der Waals surface area (Å²) in [6, 6.07) is 13.2. The lowest BCUT2D eigenvalue weighted by Crippen LogP contribution is -2.11. The van der Waals surface area contributed by atoms with Crippen LogP contribution < -0.4 is 5.73 Å². The third-order valence-corrected chi connectivity index (χ3v) is 5.13. The maximum atomic E-state index is 12.1. The monoisotopic (exact) mass is 375 g/mol. The number of methoxy groups -OCH3 is 1. The molecular formula is C19H13N5O2S. The summed E-state index contributed by atoms with van der Waals surface area (Å²) in [5, 5.41) is 10.1. The van der Waals surface area contributed by atoms with Crippen LogP contribution >= 0.6 is 11.3 Å². The molecule has 0 spiro atoms. The number of aromatic nitrogens is 3. The van der Waals surface area contributed by atoms with Crippen molar-refractivity contribution in [2.75, 3.05) is 12.8 Å². The predicted molar refractivity (Wildman–Crippen MR) is 103 cm³/mol. The van der Waals surface area contributed by atoms with Crippen LogP contribution in [-0.2, 0) is 4.74 Å². The van der Waals surface area contributed by atoms with Crippen molar-refractivity contribution in [1.29, 1.82) is 5.26 Å². The summed E-state index contributed by atoms with van der Waals surface area (Å²) in [4.78, 5) is 21.9. The number of nitrogen functional groups attached to an aromatic ring is 1. The van der Waals surface area contributed by atoms with Crippen molar-refractivity contribution >= 4 is 33.3 Å². The largest absolute Gasteiger partial charge is 0.464 e. The van der Waals surface area contributed by atoms with Crippen molar-refractivity contribution in [3.63, 3.8) is 0 Å². The molecule has 0 fully saturated rings. The number of nitriles is 1. The van der Waals surface area contributed by atoms with Gasteiger partial charge in [0.1, 0.15) is 21.4 Å². The first-order chi connectivity index (χ1) is 13.1. The van der Waals surface area contributed by atoms with E-state index in [1.165, 1.54) is 24.6 Å². The predicted octanol–water partition coefficient (Wildman–Crippen LogP) is 3.39. The number of hydrogen-bond acceptors (Lipinski definition) is 7. The molecule has 0 amide bonds. The summed E-state index contributed by atoms with van der Waals surface area (Å²) >= 11 is 1.51. The maximum absolute atomic E-state index is 12.1. The molecule has 4 aromatic rings. The number of nitrogens with two attached hydrogens (primary N) is 1. The van der Waals surface area contributed by atoms with Gasteiger partial charge in [0.2, 0.25) is 0 Å². The zero-order valence-electron chi connectivity index (χ0n) is 14.2. The molecule has 0 radical (unpaired) electrons. The Bertz CT molecular complexity index is 1170. The Morgan fingerprint density at radius 3 is 2.74 bits per heavy atom. The summed E-state index contributed by atoms with van der Waals surface area (Å²) in [5.41, 5.74) is 8.86. The minimum Gasteiger partial charge on any atom is -0.464 e. The molecule has 3 heterocycles. The van der Waals surface area contributed by atoms with Gasteiger partial charge in [0.25, 0.3) is 0 Å². The van der Waals surface area contributed by atoms with Crippen LogP contribution in [-0.4, -0.2) is 27.6 Å². The third-order valence-electron chi connectivity index (χ3n) is 4.10. The number of nitrogens with zero attached hydrogens (tertiary/aromatic N) is 4. The summed E-state index contributed by atoms with van der Waals surface area (Å²) < 4.78 is 6.36. The number of ether oxygens (including phenoxy) is 1. The second kappa shape index (κ2) is 6.55. The van der Waals surface area contributed by atoms with E-state index in [1.54, 1.807) is 10.8 Å².